The Morgan fingerprint density at radius 1 is 1.46 bits per heavy atom. The van der Waals surface area contributed by atoms with Crippen molar-refractivity contribution in [3.05, 3.63) is 28.5 Å². The van der Waals surface area contributed by atoms with E-state index in [0.29, 0.717) is 10.6 Å². The summed E-state index contributed by atoms with van der Waals surface area (Å²) in [5.74, 6) is -0.486. The molecular weight excluding hydrogens is 198 g/mol. The van der Waals surface area contributed by atoms with Gasteiger partial charge in [-0.15, -0.1) is 0 Å². The van der Waals surface area contributed by atoms with Gasteiger partial charge in [-0.2, -0.15) is 0 Å². The lowest BCUT2D eigenvalue weighted by Crippen LogP contribution is -2.01. The summed E-state index contributed by atoms with van der Waals surface area (Å²) in [7, 11) is 0. The fraction of sp³-hybridized carbons (Fsp3) is 0.333. The highest BCUT2D eigenvalue weighted by atomic mass is 35.5. The fourth-order valence-electron chi connectivity index (χ4n) is 0.897. The summed E-state index contributed by atoms with van der Waals surface area (Å²) in [4.78, 5) is 0. The molecule has 72 valence electrons. The molecule has 0 spiro atoms. The van der Waals surface area contributed by atoms with Crippen LogP contribution in [0.3, 0.4) is 0 Å². The molecule has 4 heteroatoms. The Hall–Kier alpha value is -0.830. The monoisotopic (exact) mass is 206 g/mol. The van der Waals surface area contributed by atoms with E-state index in [4.69, 9.17) is 16.3 Å². The molecule has 13 heavy (non-hydrogen) atoms. The molecule has 0 aliphatic rings. The molecule has 0 amide bonds. The summed E-state index contributed by atoms with van der Waals surface area (Å²) >= 11 is 5.65. The smallest absolute Gasteiger partial charge is 0.169 e. The number of alkyl halides is 1. The van der Waals surface area contributed by atoms with Gasteiger partial charge in [-0.05, 0) is 19.1 Å². The van der Waals surface area contributed by atoms with Gasteiger partial charge >= 0.3 is 0 Å². The molecule has 1 rings (SSSR count). The van der Waals surface area contributed by atoms with Gasteiger partial charge in [0.2, 0.25) is 0 Å². The van der Waals surface area contributed by atoms with Crippen LogP contribution in [0.25, 0.3) is 0 Å². The minimum atomic E-state index is -0.638. The van der Waals surface area contributed by atoms with Crippen LogP contribution >= 0.6 is 11.6 Å². The first kappa shape index (κ1) is 10.3. The zero-order valence-corrected chi connectivity index (χ0v) is 7.87. The minimum Gasteiger partial charge on any atom is -0.488 e. The molecule has 1 aromatic carbocycles. The van der Waals surface area contributed by atoms with E-state index >= 15 is 0 Å². The highest BCUT2D eigenvalue weighted by Crippen LogP contribution is 2.26. The maximum atomic E-state index is 13.3. The van der Waals surface area contributed by atoms with Crippen LogP contribution in [0.5, 0.6) is 5.75 Å². The van der Waals surface area contributed by atoms with Crippen LogP contribution in [-0.2, 0) is 0 Å². The fourth-order valence-corrected chi connectivity index (χ4v) is 1.04. The molecule has 0 saturated heterocycles. The van der Waals surface area contributed by atoms with Gasteiger partial charge in [-0.3, -0.25) is 0 Å². The third-order valence-electron chi connectivity index (χ3n) is 1.62. The lowest BCUT2D eigenvalue weighted by molar-refractivity contribution is 0.262. The Morgan fingerprint density at radius 3 is 2.77 bits per heavy atom. The van der Waals surface area contributed by atoms with Crippen molar-refractivity contribution in [2.45, 2.75) is 6.92 Å². The number of hydrogen-bond donors (Lipinski definition) is 0. The topological polar surface area (TPSA) is 9.23 Å². The lowest BCUT2D eigenvalue weighted by Gasteiger charge is -2.07. The number of benzene rings is 1. The summed E-state index contributed by atoms with van der Waals surface area (Å²) < 4.78 is 29.8. The van der Waals surface area contributed by atoms with E-state index in [-0.39, 0.29) is 12.4 Å². The maximum Gasteiger partial charge on any atom is 0.169 e. The first-order valence-corrected chi connectivity index (χ1v) is 4.18. The predicted molar refractivity (Wildman–Crippen MR) is 47.6 cm³/mol. The van der Waals surface area contributed by atoms with Crippen LogP contribution in [0, 0.1) is 12.7 Å². The van der Waals surface area contributed by atoms with E-state index in [1.165, 1.54) is 12.1 Å². The lowest BCUT2D eigenvalue weighted by atomic mass is 10.2. The summed E-state index contributed by atoms with van der Waals surface area (Å²) in [6.45, 7) is 0.763. The van der Waals surface area contributed by atoms with Gasteiger partial charge in [0.25, 0.3) is 0 Å². The third-order valence-corrected chi connectivity index (χ3v) is 2.03. The Kier molecular flexibility index (Phi) is 3.48. The van der Waals surface area contributed by atoms with Gasteiger partial charge in [0.1, 0.15) is 13.3 Å². The van der Waals surface area contributed by atoms with Crippen molar-refractivity contribution in [2.75, 3.05) is 13.3 Å². The van der Waals surface area contributed by atoms with Crippen molar-refractivity contribution in [2.24, 2.45) is 0 Å². The van der Waals surface area contributed by atoms with E-state index in [9.17, 15) is 8.78 Å². The van der Waals surface area contributed by atoms with Crippen LogP contribution in [0.15, 0.2) is 12.1 Å². The van der Waals surface area contributed by atoms with Crippen LogP contribution in [0.4, 0.5) is 8.78 Å². The van der Waals surface area contributed by atoms with Crippen LogP contribution < -0.4 is 4.74 Å². The molecule has 0 aliphatic carbocycles. The molecule has 0 radical (unpaired) electrons. The molecule has 0 atom stereocenters. The normalized spacial score (nSPS) is 10.2. The predicted octanol–water partition coefficient (Wildman–Crippen LogP) is 3.14. The van der Waals surface area contributed by atoms with Crippen molar-refractivity contribution in [1.29, 1.82) is 0 Å². The first-order chi connectivity index (χ1) is 6.16. The molecule has 0 aliphatic heterocycles. The summed E-state index contributed by atoms with van der Waals surface area (Å²) in [5.41, 5.74) is 0.318. The number of hydrogen-bond acceptors (Lipinski definition) is 1. The molecule has 1 nitrogen and oxygen atoms in total. The largest absolute Gasteiger partial charge is 0.488 e. The summed E-state index contributed by atoms with van der Waals surface area (Å²) in [6, 6.07) is 2.91. The Morgan fingerprint density at radius 2 is 2.15 bits per heavy atom. The molecule has 0 N–H and O–H groups in total. The Bertz CT molecular complexity index is 302. The second-order valence-electron chi connectivity index (χ2n) is 2.52. The standard InChI is InChI=1S/C9H9ClF2O/c1-6-7(10)2-3-8(9(6)12)13-5-4-11/h2-3H,4-5H2,1H3. The van der Waals surface area contributed by atoms with Crippen molar-refractivity contribution >= 4 is 11.6 Å². The Balaban J connectivity index is 2.90. The van der Waals surface area contributed by atoms with E-state index in [0.717, 1.165) is 0 Å². The van der Waals surface area contributed by atoms with Gasteiger partial charge < -0.3 is 4.74 Å². The van der Waals surface area contributed by atoms with Gasteiger partial charge in [-0.25, -0.2) is 8.78 Å². The molecule has 0 fully saturated rings. The number of ether oxygens (including phenoxy) is 1. The molecule has 0 bridgehead atoms. The van der Waals surface area contributed by atoms with Crippen molar-refractivity contribution in [1.82, 2.24) is 0 Å². The van der Waals surface area contributed by atoms with Gasteiger partial charge in [0.05, 0.1) is 0 Å². The molecule has 0 unspecified atom stereocenters. The minimum absolute atomic E-state index is 0.0413. The maximum absolute atomic E-state index is 13.3. The van der Waals surface area contributed by atoms with Crippen LogP contribution in [-0.4, -0.2) is 13.3 Å². The van der Waals surface area contributed by atoms with Crippen molar-refractivity contribution < 1.29 is 13.5 Å². The molecule has 0 saturated carbocycles. The van der Waals surface area contributed by atoms with E-state index in [2.05, 4.69) is 0 Å². The van der Waals surface area contributed by atoms with Crippen LogP contribution in [0.1, 0.15) is 5.56 Å². The first-order valence-electron chi connectivity index (χ1n) is 3.80. The van der Waals surface area contributed by atoms with Gasteiger partial charge in [-0.1, -0.05) is 11.6 Å². The number of rotatable bonds is 3. The van der Waals surface area contributed by atoms with E-state index in [1.54, 1.807) is 6.92 Å². The van der Waals surface area contributed by atoms with Crippen molar-refractivity contribution in [3.8, 4) is 5.75 Å². The van der Waals surface area contributed by atoms with Crippen molar-refractivity contribution in [3.63, 3.8) is 0 Å². The quantitative estimate of drug-likeness (QED) is 0.738. The second-order valence-corrected chi connectivity index (χ2v) is 2.93. The van der Waals surface area contributed by atoms with Crippen LogP contribution in [0.2, 0.25) is 5.02 Å². The number of halogens is 3. The van der Waals surface area contributed by atoms with E-state index in [1.807, 2.05) is 0 Å². The molecular formula is C9H9ClF2O. The SMILES string of the molecule is Cc1c(Cl)ccc(OCCF)c1F. The zero-order chi connectivity index (χ0) is 9.84. The highest BCUT2D eigenvalue weighted by molar-refractivity contribution is 6.31. The summed E-state index contributed by atoms with van der Waals surface area (Å²) in [6.07, 6.45) is 0. The van der Waals surface area contributed by atoms with Gasteiger partial charge in [0.15, 0.2) is 11.6 Å². The summed E-state index contributed by atoms with van der Waals surface area (Å²) in [5, 5.41) is 0.338. The highest BCUT2D eigenvalue weighted by Gasteiger charge is 2.08. The molecule has 0 aromatic heterocycles. The second kappa shape index (κ2) is 4.42. The average Bonchev–Trinajstić information content (AvgIpc) is 2.13. The molecule has 1 aromatic rings. The van der Waals surface area contributed by atoms with Gasteiger partial charge in [0, 0.05) is 10.6 Å². The molecule has 0 heterocycles. The third kappa shape index (κ3) is 2.31. The Labute approximate surface area is 80.3 Å². The van der Waals surface area contributed by atoms with E-state index < -0.39 is 12.5 Å². The zero-order valence-electron chi connectivity index (χ0n) is 7.11. The average molecular weight is 207 g/mol.